The summed E-state index contributed by atoms with van der Waals surface area (Å²) in [5.74, 6) is -2.67. The minimum Gasteiger partial charge on any atom is -0.478 e. The van der Waals surface area contributed by atoms with Gasteiger partial charge in [-0.1, -0.05) is 6.92 Å². The quantitative estimate of drug-likeness (QED) is 0.728. The Morgan fingerprint density at radius 2 is 2.06 bits per heavy atom. The molecule has 0 aromatic carbocycles. The van der Waals surface area contributed by atoms with Crippen LogP contribution in [0.3, 0.4) is 0 Å². The minimum atomic E-state index is -1.36. The summed E-state index contributed by atoms with van der Waals surface area (Å²) in [5, 5.41) is 17.6. The second kappa shape index (κ2) is 5.95. The molecule has 0 radical (unpaired) electrons. The zero-order valence-corrected chi connectivity index (χ0v) is 9.34. The third-order valence-corrected chi connectivity index (χ3v) is 1.99. The molecule has 1 heterocycles. The molecule has 17 heavy (non-hydrogen) atoms. The van der Waals surface area contributed by atoms with Crippen LogP contribution in [0.5, 0.6) is 0 Å². The highest BCUT2D eigenvalue weighted by molar-refractivity contribution is 6.00. The van der Waals surface area contributed by atoms with Crippen molar-refractivity contribution in [2.24, 2.45) is 0 Å². The smallest absolute Gasteiger partial charge is 0.355 e. The summed E-state index contributed by atoms with van der Waals surface area (Å²) in [5.41, 5.74) is -0.243. The summed E-state index contributed by atoms with van der Waals surface area (Å²) in [6, 6.07) is 1.27. The Balaban J connectivity index is 2.94. The van der Waals surface area contributed by atoms with Crippen LogP contribution in [-0.4, -0.2) is 33.7 Å². The first-order valence-corrected chi connectivity index (χ1v) is 5.09. The van der Waals surface area contributed by atoms with Gasteiger partial charge >= 0.3 is 11.9 Å². The number of aromatic nitrogens is 1. The van der Waals surface area contributed by atoms with Gasteiger partial charge in [-0.15, -0.1) is 0 Å². The molecular weight excluding hydrogens is 226 g/mol. The number of carboxylic acid groups (broad SMARTS) is 2. The van der Waals surface area contributed by atoms with Crippen LogP contribution in [-0.2, 0) is 11.3 Å². The number of hydrogen-bond acceptors (Lipinski definition) is 4. The van der Waals surface area contributed by atoms with Crippen molar-refractivity contribution in [2.45, 2.75) is 20.0 Å². The van der Waals surface area contributed by atoms with Crippen LogP contribution in [0.4, 0.5) is 0 Å². The monoisotopic (exact) mass is 239 g/mol. The predicted molar refractivity (Wildman–Crippen MR) is 58.1 cm³/mol. The van der Waals surface area contributed by atoms with Gasteiger partial charge in [0.1, 0.15) is 0 Å². The first-order valence-electron chi connectivity index (χ1n) is 5.09. The maximum Gasteiger partial charge on any atom is 0.355 e. The zero-order valence-electron chi connectivity index (χ0n) is 9.34. The van der Waals surface area contributed by atoms with Crippen LogP contribution in [0.15, 0.2) is 12.3 Å². The van der Waals surface area contributed by atoms with Gasteiger partial charge in [-0.3, -0.25) is 0 Å². The highest BCUT2D eigenvalue weighted by Gasteiger charge is 2.17. The second-order valence-corrected chi connectivity index (χ2v) is 3.40. The van der Waals surface area contributed by atoms with Gasteiger partial charge in [-0.25, -0.2) is 14.6 Å². The van der Waals surface area contributed by atoms with Crippen molar-refractivity contribution in [1.82, 2.24) is 4.98 Å². The number of rotatable bonds is 6. The third kappa shape index (κ3) is 3.53. The SMILES string of the molecule is CCCOCc1cnc(C(=O)O)c(C(=O)O)c1. The van der Waals surface area contributed by atoms with E-state index in [0.717, 1.165) is 6.42 Å². The number of hydrogen-bond donors (Lipinski definition) is 2. The summed E-state index contributed by atoms with van der Waals surface area (Å²) < 4.78 is 5.22. The molecule has 0 atom stereocenters. The number of carboxylic acids is 2. The van der Waals surface area contributed by atoms with Crippen LogP contribution >= 0.6 is 0 Å². The van der Waals surface area contributed by atoms with Crippen molar-refractivity contribution in [3.8, 4) is 0 Å². The number of aromatic carboxylic acids is 2. The Morgan fingerprint density at radius 1 is 1.35 bits per heavy atom. The average Bonchev–Trinajstić information content (AvgIpc) is 2.29. The molecule has 0 spiro atoms. The largest absolute Gasteiger partial charge is 0.478 e. The lowest BCUT2D eigenvalue weighted by molar-refractivity contribution is 0.0645. The summed E-state index contributed by atoms with van der Waals surface area (Å²) >= 11 is 0. The zero-order chi connectivity index (χ0) is 12.8. The Bertz CT molecular complexity index is 430. The van der Waals surface area contributed by atoms with Crippen LogP contribution in [0, 0.1) is 0 Å². The van der Waals surface area contributed by atoms with E-state index in [-0.39, 0.29) is 12.2 Å². The minimum absolute atomic E-state index is 0.223. The lowest BCUT2D eigenvalue weighted by Crippen LogP contribution is -2.11. The number of carbonyl (C=O) groups is 2. The average molecular weight is 239 g/mol. The molecule has 0 amide bonds. The van der Waals surface area contributed by atoms with E-state index < -0.39 is 17.6 Å². The van der Waals surface area contributed by atoms with Crippen LogP contribution in [0.2, 0.25) is 0 Å². The van der Waals surface area contributed by atoms with Crippen molar-refractivity contribution in [2.75, 3.05) is 6.61 Å². The Hall–Kier alpha value is -1.95. The highest BCUT2D eigenvalue weighted by Crippen LogP contribution is 2.10. The molecule has 0 saturated heterocycles. The van der Waals surface area contributed by atoms with E-state index in [2.05, 4.69) is 4.98 Å². The fourth-order valence-electron chi connectivity index (χ4n) is 1.25. The molecule has 1 aromatic rings. The van der Waals surface area contributed by atoms with Gasteiger partial charge in [0, 0.05) is 12.8 Å². The van der Waals surface area contributed by atoms with E-state index >= 15 is 0 Å². The maximum atomic E-state index is 10.9. The number of ether oxygens (including phenoxy) is 1. The summed E-state index contributed by atoms with van der Waals surface area (Å²) in [7, 11) is 0. The van der Waals surface area contributed by atoms with Crippen molar-refractivity contribution >= 4 is 11.9 Å². The first kappa shape index (κ1) is 13.1. The third-order valence-electron chi connectivity index (χ3n) is 1.99. The normalized spacial score (nSPS) is 10.2. The molecule has 0 aliphatic heterocycles. The molecule has 6 heteroatoms. The first-order chi connectivity index (χ1) is 8.06. The molecule has 0 fully saturated rings. The van der Waals surface area contributed by atoms with Gasteiger partial charge in [0.25, 0.3) is 0 Å². The molecule has 0 bridgehead atoms. The van der Waals surface area contributed by atoms with Crippen molar-refractivity contribution in [1.29, 1.82) is 0 Å². The van der Waals surface area contributed by atoms with E-state index in [1.54, 1.807) is 0 Å². The van der Waals surface area contributed by atoms with Crippen molar-refractivity contribution in [3.05, 3.63) is 29.1 Å². The molecule has 2 N–H and O–H groups in total. The summed E-state index contributed by atoms with van der Waals surface area (Å²) in [6.45, 7) is 2.73. The number of nitrogens with zero attached hydrogens (tertiary/aromatic N) is 1. The topological polar surface area (TPSA) is 96.7 Å². The van der Waals surface area contributed by atoms with Crippen molar-refractivity contribution in [3.63, 3.8) is 0 Å². The lowest BCUT2D eigenvalue weighted by Gasteiger charge is -2.05. The maximum absolute atomic E-state index is 10.9. The van der Waals surface area contributed by atoms with Crippen LogP contribution < -0.4 is 0 Å². The lowest BCUT2D eigenvalue weighted by atomic mass is 10.1. The van der Waals surface area contributed by atoms with Crippen LogP contribution in [0.25, 0.3) is 0 Å². The molecule has 0 aliphatic rings. The molecule has 6 nitrogen and oxygen atoms in total. The van der Waals surface area contributed by atoms with Gasteiger partial charge in [0.05, 0.1) is 12.2 Å². The fraction of sp³-hybridized carbons (Fsp3) is 0.364. The van der Waals surface area contributed by atoms with Gasteiger partial charge in [-0.05, 0) is 18.1 Å². The van der Waals surface area contributed by atoms with E-state index in [4.69, 9.17) is 14.9 Å². The molecule has 1 rings (SSSR count). The fourth-order valence-corrected chi connectivity index (χ4v) is 1.25. The molecule has 92 valence electrons. The standard InChI is InChI=1S/C11H13NO5/c1-2-3-17-6-7-4-8(10(13)14)9(11(15)16)12-5-7/h4-5H,2-3,6H2,1H3,(H,13,14)(H,15,16). The molecule has 0 unspecified atom stereocenters. The molecule has 0 aliphatic carbocycles. The highest BCUT2D eigenvalue weighted by atomic mass is 16.5. The molecule has 0 saturated carbocycles. The number of pyridine rings is 1. The Kier molecular flexibility index (Phi) is 4.59. The van der Waals surface area contributed by atoms with Gasteiger partial charge < -0.3 is 14.9 Å². The van der Waals surface area contributed by atoms with Crippen molar-refractivity contribution < 1.29 is 24.5 Å². The Morgan fingerprint density at radius 3 is 2.59 bits per heavy atom. The molecular formula is C11H13NO5. The van der Waals surface area contributed by atoms with E-state index in [9.17, 15) is 9.59 Å². The van der Waals surface area contributed by atoms with E-state index in [1.165, 1.54) is 12.3 Å². The van der Waals surface area contributed by atoms with Gasteiger partial charge in [0.2, 0.25) is 0 Å². The van der Waals surface area contributed by atoms with E-state index in [1.807, 2.05) is 6.92 Å². The van der Waals surface area contributed by atoms with Crippen LogP contribution in [0.1, 0.15) is 39.8 Å². The molecule has 1 aromatic heterocycles. The Labute approximate surface area is 97.9 Å². The van der Waals surface area contributed by atoms with Gasteiger partial charge in [-0.2, -0.15) is 0 Å². The van der Waals surface area contributed by atoms with Gasteiger partial charge in [0.15, 0.2) is 5.69 Å². The van der Waals surface area contributed by atoms with E-state index in [0.29, 0.717) is 12.2 Å². The predicted octanol–water partition coefficient (Wildman–Crippen LogP) is 1.40. The summed E-state index contributed by atoms with van der Waals surface area (Å²) in [6.07, 6.45) is 2.16. The summed E-state index contributed by atoms with van der Waals surface area (Å²) in [4.78, 5) is 25.2. The second-order valence-electron chi connectivity index (χ2n) is 3.40.